The first-order valence-electron chi connectivity index (χ1n) is 6.66. The van der Waals surface area contributed by atoms with Crippen LogP contribution in [0.4, 0.5) is 0 Å². The molecule has 0 saturated heterocycles. The largest absolute Gasteiger partial charge is 0.462 e. The van der Waals surface area contributed by atoms with E-state index in [0.29, 0.717) is 25.0 Å². The molecule has 0 saturated carbocycles. The quantitative estimate of drug-likeness (QED) is 0.372. The molecule has 6 nitrogen and oxygen atoms in total. The van der Waals surface area contributed by atoms with E-state index in [9.17, 15) is 14.4 Å². The summed E-state index contributed by atoms with van der Waals surface area (Å²) < 4.78 is 9.68. The normalized spacial score (nSPS) is 9.70. The van der Waals surface area contributed by atoms with Crippen LogP contribution in [0.2, 0.25) is 0 Å². The number of amides is 1. The molecule has 0 fully saturated rings. The van der Waals surface area contributed by atoms with Gasteiger partial charge in [0.15, 0.2) is 0 Å². The van der Waals surface area contributed by atoms with Gasteiger partial charge < -0.3 is 14.8 Å². The molecule has 0 aromatic rings. The molecule has 20 heavy (non-hydrogen) atoms. The summed E-state index contributed by atoms with van der Waals surface area (Å²) in [4.78, 5) is 32.9. The Morgan fingerprint density at radius 1 is 1.00 bits per heavy atom. The summed E-state index contributed by atoms with van der Waals surface area (Å²) in [5, 5.41) is 2.68. The molecule has 1 N–H and O–H groups in total. The van der Waals surface area contributed by atoms with Crippen LogP contribution in [-0.2, 0) is 23.9 Å². The molecule has 0 unspecified atom stereocenters. The highest BCUT2D eigenvalue weighted by molar-refractivity contribution is 5.86. The monoisotopic (exact) mass is 285 g/mol. The lowest BCUT2D eigenvalue weighted by molar-refractivity contribution is -0.150. The van der Waals surface area contributed by atoms with E-state index in [0.717, 1.165) is 12.8 Å². The van der Waals surface area contributed by atoms with Gasteiger partial charge in [-0.05, 0) is 19.8 Å². The number of rotatable bonds is 10. The van der Waals surface area contributed by atoms with Crippen LogP contribution in [0.3, 0.4) is 0 Å². The summed E-state index contributed by atoms with van der Waals surface area (Å²) in [6.45, 7) is 7.18. The number of nitrogens with one attached hydrogen (secondary N) is 1. The highest BCUT2D eigenvalue weighted by Gasteiger charge is 2.05. The van der Waals surface area contributed by atoms with Gasteiger partial charge in [0.25, 0.3) is 0 Å². The van der Waals surface area contributed by atoms with Crippen LogP contribution in [0.1, 0.15) is 39.5 Å². The molecule has 0 aliphatic rings. The fourth-order valence-corrected chi connectivity index (χ4v) is 1.32. The molecule has 0 radical (unpaired) electrons. The second kappa shape index (κ2) is 11.0. The molecule has 0 spiro atoms. The van der Waals surface area contributed by atoms with E-state index >= 15 is 0 Å². The molecule has 0 atom stereocenters. The zero-order chi connectivity index (χ0) is 15.4. The molecule has 0 rings (SSSR count). The molecule has 0 bridgehead atoms. The number of unbranched alkanes of at least 4 members (excludes halogenated alkanes) is 2. The summed E-state index contributed by atoms with van der Waals surface area (Å²) >= 11 is 0. The van der Waals surface area contributed by atoms with Gasteiger partial charge in [-0.1, -0.05) is 13.0 Å². The number of carbonyl (C=O) groups is 3. The fourth-order valence-electron chi connectivity index (χ4n) is 1.32. The number of ether oxygens (including phenoxy) is 2. The van der Waals surface area contributed by atoms with Gasteiger partial charge in [-0.2, -0.15) is 0 Å². The predicted molar refractivity (Wildman–Crippen MR) is 73.9 cm³/mol. The molecule has 0 aliphatic carbocycles. The maximum Gasteiger partial charge on any atom is 0.333 e. The van der Waals surface area contributed by atoms with Crippen LogP contribution < -0.4 is 5.32 Å². The van der Waals surface area contributed by atoms with E-state index in [1.54, 1.807) is 6.92 Å². The topological polar surface area (TPSA) is 81.7 Å². The average Bonchev–Trinajstić information content (AvgIpc) is 2.37. The Bertz CT molecular complexity index is 351. The van der Waals surface area contributed by atoms with Crippen molar-refractivity contribution in [2.75, 3.05) is 19.8 Å². The van der Waals surface area contributed by atoms with Gasteiger partial charge >= 0.3 is 11.9 Å². The molecule has 0 aromatic carbocycles. The Balaban J connectivity index is 3.39. The average molecular weight is 285 g/mol. The highest BCUT2D eigenvalue weighted by Crippen LogP contribution is 2.01. The number of esters is 2. The third-order valence-electron chi connectivity index (χ3n) is 2.36. The van der Waals surface area contributed by atoms with Crippen LogP contribution in [-0.4, -0.2) is 37.6 Å². The van der Waals surface area contributed by atoms with Crippen LogP contribution in [0.25, 0.3) is 0 Å². The number of hydrogen-bond donors (Lipinski definition) is 1. The molecule has 0 aliphatic heterocycles. The van der Waals surface area contributed by atoms with Crippen molar-refractivity contribution in [3.05, 3.63) is 12.2 Å². The molecule has 0 aromatic heterocycles. The molecular weight excluding hydrogens is 262 g/mol. The van der Waals surface area contributed by atoms with Crippen LogP contribution >= 0.6 is 0 Å². The smallest absolute Gasteiger partial charge is 0.333 e. The predicted octanol–water partition coefficient (Wildman–Crippen LogP) is 1.35. The zero-order valence-corrected chi connectivity index (χ0v) is 12.2. The van der Waals surface area contributed by atoms with Crippen LogP contribution in [0.15, 0.2) is 12.2 Å². The van der Waals surface area contributed by atoms with E-state index in [1.165, 1.54) is 6.92 Å². The third-order valence-corrected chi connectivity index (χ3v) is 2.36. The Hall–Kier alpha value is -1.85. The van der Waals surface area contributed by atoms with E-state index in [-0.39, 0.29) is 25.1 Å². The van der Waals surface area contributed by atoms with Crippen molar-refractivity contribution in [3.63, 3.8) is 0 Å². The van der Waals surface area contributed by atoms with Crippen molar-refractivity contribution in [2.45, 2.75) is 39.5 Å². The van der Waals surface area contributed by atoms with Crippen molar-refractivity contribution >= 4 is 17.8 Å². The van der Waals surface area contributed by atoms with Crippen molar-refractivity contribution in [1.29, 1.82) is 0 Å². The summed E-state index contributed by atoms with van der Waals surface area (Å²) in [7, 11) is 0. The molecule has 6 heteroatoms. The van der Waals surface area contributed by atoms with E-state index in [2.05, 4.69) is 11.9 Å². The van der Waals surface area contributed by atoms with Crippen LogP contribution in [0.5, 0.6) is 0 Å². The first-order valence-corrected chi connectivity index (χ1v) is 6.66. The summed E-state index contributed by atoms with van der Waals surface area (Å²) in [5.41, 5.74) is 0.315. The molecular formula is C14H23NO5. The van der Waals surface area contributed by atoms with Gasteiger partial charge in [0.05, 0.1) is 0 Å². The third kappa shape index (κ3) is 11.3. The van der Waals surface area contributed by atoms with Crippen molar-refractivity contribution < 1.29 is 23.9 Å². The minimum atomic E-state index is -0.487. The van der Waals surface area contributed by atoms with Gasteiger partial charge in [0, 0.05) is 25.5 Å². The van der Waals surface area contributed by atoms with Gasteiger partial charge in [-0.3, -0.25) is 9.59 Å². The number of carbonyl (C=O) groups excluding carboxylic acids is 3. The number of hydrogen-bond acceptors (Lipinski definition) is 5. The van der Waals surface area contributed by atoms with E-state index in [1.807, 2.05) is 0 Å². The Kier molecular flexibility index (Phi) is 10.00. The van der Waals surface area contributed by atoms with Gasteiger partial charge in [-0.15, -0.1) is 0 Å². The maximum atomic E-state index is 11.3. The Labute approximate surface area is 119 Å². The Morgan fingerprint density at radius 2 is 1.65 bits per heavy atom. The first-order chi connectivity index (χ1) is 9.43. The maximum absolute atomic E-state index is 11.3. The van der Waals surface area contributed by atoms with E-state index < -0.39 is 5.97 Å². The SMILES string of the molecule is C=C(C)C(=O)OCCOC(=O)CCCCCNC(C)=O. The standard InChI is InChI=1S/C14H23NO5/c1-11(2)14(18)20-10-9-19-13(17)7-5-4-6-8-15-12(3)16/h1,4-10H2,2-3H3,(H,15,16). The van der Waals surface area contributed by atoms with Crippen molar-refractivity contribution in [3.8, 4) is 0 Å². The molecule has 114 valence electrons. The van der Waals surface area contributed by atoms with Crippen molar-refractivity contribution in [1.82, 2.24) is 5.32 Å². The summed E-state index contributed by atoms with van der Waals surface area (Å²) in [6.07, 6.45) is 2.72. The van der Waals surface area contributed by atoms with Crippen molar-refractivity contribution in [2.24, 2.45) is 0 Å². The lowest BCUT2D eigenvalue weighted by Gasteiger charge is -2.06. The van der Waals surface area contributed by atoms with Gasteiger partial charge in [0.2, 0.25) is 5.91 Å². The van der Waals surface area contributed by atoms with Crippen LogP contribution in [0, 0.1) is 0 Å². The minimum Gasteiger partial charge on any atom is -0.462 e. The molecule has 0 heterocycles. The highest BCUT2D eigenvalue weighted by atomic mass is 16.6. The van der Waals surface area contributed by atoms with E-state index in [4.69, 9.17) is 9.47 Å². The Morgan fingerprint density at radius 3 is 2.25 bits per heavy atom. The summed E-state index contributed by atoms with van der Waals surface area (Å²) in [6, 6.07) is 0. The van der Waals surface area contributed by atoms with Gasteiger partial charge in [-0.25, -0.2) is 4.79 Å². The summed E-state index contributed by atoms with van der Waals surface area (Å²) in [5.74, 6) is -0.844. The first kappa shape index (κ1) is 18.1. The lowest BCUT2D eigenvalue weighted by Crippen LogP contribution is -2.20. The zero-order valence-electron chi connectivity index (χ0n) is 12.2. The minimum absolute atomic E-state index is 0.0416. The van der Waals surface area contributed by atoms with Gasteiger partial charge in [0.1, 0.15) is 13.2 Å². The fraction of sp³-hybridized carbons (Fsp3) is 0.643. The molecule has 1 amide bonds. The second-order valence-corrected chi connectivity index (χ2v) is 4.43. The lowest BCUT2D eigenvalue weighted by atomic mass is 10.2. The second-order valence-electron chi connectivity index (χ2n) is 4.43.